The zero-order chi connectivity index (χ0) is 13.5. The molecule has 0 aliphatic rings. The molecule has 0 amide bonds. The van der Waals surface area contributed by atoms with Crippen molar-refractivity contribution in [2.24, 2.45) is 0 Å². The molecule has 1 aromatic rings. The van der Waals surface area contributed by atoms with Crippen LogP contribution in [0.3, 0.4) is 0 Å². The fourth-order valence-electron chi connectivity index (χ4n) is 1.47. The minimum atomic E-state index is -0.308. The number of ketones is 1. The highest BCUT2D eigenvalue weighted by atomic mass is 16.5. The second-order valence-corrected chi connectivity index (χ2v) is 3.61. The van der Waals surface area contributed by atoms with E-state index in [1.54, 1.807) is 12.0 Å². The van der Waals surface area contributed by atoms with Gasteiger partial charge in [-0.2, -0.15) is 0 Å². The third-order valence-electron chi connectivity index (χ3n) is 2.42. The van der Waals surface area contributed by atoms with E-state index in [4.69, 9.17) is 4.74 Å². The summed E-state index contributed by atoms with van der Waals surface area (Å²) in [5.41, 5.74) is 0.337. The molecule has 0 heterocycles. The van der Waals surface area contributed by atoms with Gasteiger partial charge in [-0.05, 0) is 24.6 Å². The maximum atomic E-state index is 11.8. The van der Waals surface area contributed by atoms with Crippen LogP contribution < -0.4 is 4.74 Å². The van der Waals surface area contributed by atoms with Gasteiger partial charge in [0.25, 0.3) is 0 Å². The van der Waals surface area contributed by atoms with Crippen LogP contribution in [0, 0.1) is 0 Å². The largest absolute Gasteiger partial charge is 0.504 e. The van der Waals surface area contributed by atoms with Gasteiger partial charge < -0.3 is 9.84 Å². The molecule has 0 saturated carbocycles. The van der Waals surface area contributed by atoms with Gasteiger partial charge in [0.2, 0.25) is 0 Å². The van der Waals surface area contributed by atoms with Crippen molar-refractivity contribution >= 4 is 17.3 Å². The zero-order valence-corrected chi connectivity index (χ0v) is 10.1. The molecule has 0 atom stereocenters. The topological polar surface area (TPSA) is 63.6 Å². The second-order valence-electron chi connectivity index (χ2n) is 3.61. The standard InChI is InChI=1S/C14H14O4/c1-3-4-5-12(16)11(9-15)10-6-7-13(17)14(8-10)18-2/h3,6-8,17H,1,4-5H2,2H3. The second kappa shape index (κ2) is 6.42. The highest BCUT2D eigenvalue weighted by molar-refractivity contribution is 6.28. The van der Waals surface area contributed by atoms with Gasteiger partial charge in [-0.25, -0.2) is 4.79 Å². The van der Waals surface area contributed by atoms with E-state index in [1.807, 2.05) is 0 Å². The van der Waals surface area contributed by atoms with E-state index in [2.05, 4.69) is 6.58 Å². The maximum absolute atomic E-state index is 11.8. The molecule has 1 aromatic carbocycles. The lowest BCUT2D eigenvalue weighted by molar-refractivity contribution is -0.113. The first kappa shape index (κ1) is 13.7. The van der Waals surface area contributed by atoms with Crippen molar-refractivity contribution in [1.29, 1.82) is 0 Å². The van der Waals surface area contributed by atoms with E-state index in [-0.39, 0.29) is 29.3 Å². The van der Waals surface area contributed by atoms with Gasteiger partial charge in [-0.1, -0.05) is 6.08 Å². The minimum absolute atomic E-state index is 0.0462. The fraction of sp³-hybridized carbons (Fsp3) is 0.214. The Kier molecular flexibility index (Phi) is 4.90. The first-order chi connectivity index (χ1) is 8.63. The Bertz CT molecular complexity index is 511. The molecular weight excluding hydrogens is 232 g/mol. The third-order valence-corrected chi connectivity index (χ3v) is 2.42. The number of phenols is 1. The van der Waals surface area contributed by atoms with Crippen LogP contribution in [0.5, 0.6) is 11.5 Å². The van der Waals surface area contributed by atoms with Crippen molar-refractivity contribution in [3.63, 3.8) is 0 Å². The average Bonchev–Trinajstić information content (AvgIpc) is 2.39. The first-order valence-electron chi connectivity index (χ1n) is 5.40. The van der Waals surface area contributed by atoms with Crippen LogP contribution >= 0.6 is 0 Å². The quantitative estimate of drug-likeness (QED) is 0.474. The molecule has 94 valence electrons. The van der Waals surface area contributed by atoms with Crippen LogP contribution in [0.4, 0.5) is 0 Å². The monoisotopic (exact) mass is 246 g/mol. The Morgan fingerprint density at radius 1 is 1.56 bits per heavy atom. The van der Waals surface area contributed by atoms with Gasteiger partial charge in [0, 0.05) is 12.0 Å². The molecule has 0 aliphatic carbocycles. The normalized spacial score (nSPS) is 9.39. The smallest absolute Gasteiger partial charge is 0.174 e. The Morgan fingerprint density at radius 2 is 2.28 bits per heavy atom. The number of benzene rings is 1. The summed E-state index contributed by atoms with van der Waals surface area (Å²) in [4.78, 5) is 22.7. The zero-order valence-electron chi connectivity index (χ0n) is 10.1. The molecule has 4 nitrogen and oxygen atoms in total. The van der Waals surface area contributed by atoms with Crippen molar-refractivity contribution in [2.45, 2.75) is 12.8 Å². The molecule has 0 bridgehead atoms. The number of carbonyl (C=O) groups excluding carboxylic acids is 2. The molecule has 1 rings (SSSR count). The number of phenolic OH excluding ortho intramolecular Hbond substituents is 1. The van der Waals surface area contributed by atoms with Crippen molar-refractivity contribution in [3.8, 4) is 11.5 Å². The van der Waals surface area contributed by atoms with Crippen LogP contribution in [-0.2, 0) is 9.59 Å². The number of Topliss-reactive ketones (excluding diaryl/α,β-unsaturated/α-hetero) is 1. The Morgan fingerprint density at radius 3 is 2.83 bits per heavy atom. The lowest BCUT2D eigenvalue weighted by Crippen LogP contribution is -2.02. The summed E-state index contributed by atoms with van der Waals surface area (Å²) in [6, 6.07) is 4.28. The van der Waals surface area contributed by atoms with Crippen LogP contribution in [0.25, 0.3) is 5.57 Å². The van der Waals surface area contributed by atoms with E-state index in [0.29, 0.717) is 12.0 Å². The van der Waals surface area contributed by atoms with Gasteiger partial charge in [-0.15, -0.1) is 6.58 Å². The van der Waals surface area contributed by atoms with Gasteiger partial charge >= 0.3 is 0 Å². The Balaban J connectivity index is 3.07. The summed E-state index contributed by atoms with van der Waals surface area (Å²) in [5.74, 6) is 1.49. The number of aromatic hydroxyl groups is 1. The van der Waals surface area contributed by atoms with Crippen LogP contribution in [0.2, 0.25) is 0 Å². The highest BCUT2D eigenvalue weighted by Gasteiger charge is 2.14. The van der Waals surface area contributed by atoms with E-state index in [1.165, 1.54) is 25.3 Å². The van der Waals surface area contributed by atoms with Gasteiger partial charge in [-0.3, -0.25) is 4.79 Å². The number of hydrogen-bond acceptors (Lipinski definition) is 4. The van der Waals surface area contributed by atoms with Gasteiger partial charge in [0.05, 0.1) is 7.11 Å². The molecule has 0 radical (unpaired) electrons. The predicted octanol–water partition coefficient (Wildman–Crippen LogP) is 2.15. The highest BCUT2D eigenvalue weighted by Crippen LogP contribution is 2.29. The van der Waals surface area contributed by atoms with Crippen molar-refractivity contribution in [1.82, 2.24) is 0 Å². The molecule has 0 aromatic heterocycles. The van der Waals surface area contributed by atoms with Crippen molar-refractivity contribution < 1.29 is 19.4 Å². The van der Waals surface area contributed by atoms with Crippen LogP contribution in [-0.4, -0.2) is 23.9 Å². The van der Waals surface area contributed by atoms with E-state index in [9.17, 15) is 14.7 Å². The lowest BCUT2D eigenvalue weighted by atomic mass is 10.00. The van der Waals surface area contributed by atoms with Crippen LogP contribution in [0.15, 0.2) is 30.9 Å². The molecule has 4 heteroatoms. The molecule has 1 N–H and O–H groups in total. The predicted molar refractivity (Wildman–Crippen MR) is 68.2 cm³/mol. The summed E-state index contributed by atoms with van der Waals surface area (Å²) >= 11 is 0. The van der Waals surface area contributed by atoms with Crippen molar-refractivity contribution in [2.75, 3.05) is 7.11 Å². The molecule has 18 heavy (non-hydrogen) atoms. The van der Waals surface area contributed by atoms with E-state index >= 15 is 0 Å². The number of methoxy groups -OCH3 is 1. The summed E-state index contributed by atoms with van der Waals surface area (Å²) in [6.45, 7) is 3.52. The molecule has 0 fully saturated rings. The number of carbonyl (C=O) groups is 1. The number of hydrogen-bond donors (Lipinski definition) is 1. The van der Waals surface area contributed by atoms with E-state index < -0.39 is 0 Å². The summed E-state index contributed by atoms with van der Waals surface area (Å²) in [7, 11) is 1.39. The third kappa shape index (κ3) is 3.09. The van der Waals surface area contributed by atoms with Crippen molar-refractivity contribution in [3.05, 3.63) is 36.4 Å². The lowest BCUT2D eigenvalue weighted by Gasteiger charge is -2.06. The fourth-order valence-corrected chi connectivity index (χ4v) is 1.47. The Labute approximate surface area is 105 Å². The number of allylic oxidation sites excluding steroid dienone is 2. The molecular formula is C14H14O4. The summed E-state index contributed by atoms with van der Waals surface area (Å²) < 4.78 is 4.92. The Hall–Kier alpha value is -2.32. The average molecular weight is 246 g/mol. The van der Waals surface area contributed by atoms with Crippen LogP contribution in [0.1, 0.15) is 18.4 Å². The summed E-state index contributed by atoms with van der Waals surface area (Å²) in [5, 5.41) is 9.44. The number of rotatable bonds is 6. The molecule has 0 spiro atoms. The molecule has 0 saturated heterocycles. The maximum Gasteiger partial charge on any atom is 0.174 e. The van der Waals surface area contributed by atoms with E-state index in [0.717, 1.165) is 0 Å². The minimum Gasteiger partial charge on any atom is -0.504 e. The number of ether oxygens (including phenoxy) is 1. The summed E-state index contributed by atoms with van der Waals surface area (Å²) in [6.07, 6.45) is 2.31. The van der Waals surface area contributed by atoms with Gasteiger partial charge in [0.15, 0.2) is 17.3 Å². The molecule has 0 aliphatic heterocycles. The molecule has 0 unspecified atom stereocenters. The first-order valence-corrected chi connectivity index (χ1v) is 5.40. The SMILES string of the molecule is C=CCCC(=O)C(=C=O)c1ccc(O)c(OC)c1. The van der Waals surface area contributed by atoms with Gasteiger partial charge in [0.1, 0.15) is 11.5 Å².